The van der Waals surface area contributed by atoms with Crippen LogP contribution in [0.5, 0.6) is 5.75 Å². The van der Waals surface area contributed by atoms with Crippen LogP contribution in [-0.2, 0) is 37.0 Å². The first-order chi connectivity index (χ1) is 12.7. The van der Waals surface area contributed by atoms with Gasteiger partial charge in [0.15, 0.2) is 6.61 Å². The van der Waals surface area contributed by atoms with Gasteiger partial charge in [-0.1, -0.05) is 38.1 Å². The molecule has 2 aromatic rings. The van der Waals surface area contributed by atoms with Crippen LogP contribution < -0.4 is 10.1 Å². The molecular weight excluding hydrogens is 322 g/mol. The van der Waals surface area contributed by atoms with Gasteiger partial charge in [-0.05, 0) is 78.5 Å². The van der Waals surface area contributed by atoms with Crippen LogP contribution in [-0.4, -0.2) is 12.5 Å². The van der Waals surface area contributed by atoms with E-state index < -0.39 is 0 Å². The SMILES string of the molecule is CCc1ccc(CC)c(CNC(=O)COc2ccc3c(c2)CCCC3)c1. The molecule has 0 saturated heterocycles. The minimum absolute atomic E-state index is 0.0632. The van der Waals surface area contributed by atoms with Gasteiger partial charge in [-0.3, -0.25) is 4.79 Å². The highest BCUT2D eigenvalue weighted by Crippen LogP contribution is 2.25. The van der Waals surface area contributed by atoms with Crippen molar-refractivity contribution in [3.63, 3.8) is 0 Å². The predicted molar refractivity (Wildman–Crippen MR) is 106 cm³/mol. The standard InChI is InChI=1S/C23H29NO2/c1-3-17-9-10-18(4-2)21(13-17)15-24-23(25)16-26-22-12-11-19-7-5-6-8-20(19)14-22/h9-14H,3-8,15-16H2,1-2H3,(H,24,25). The first-order valence-corrected chi connectivity index (χ1v) is 9.81. The monoisotopic (exact) mass is 351 g/mol. The van der Waals surface area contributed by atoms with E-state index in [0.29, 0.717) is 6.54 Å². The van der Waals surface area contributed by atoms with Crippen molar-refractivity contribution in [2.45, 2.75) is 58.9 Å². The Hall–Kier alpha value is -2.29. The third-order valence-electron chi connectivity index (χ3n) is 5.23. The first-order valence-electron chi connectivity index (χ1n) is 9.81. The van der Waals surface area contributed by atoms with Gasteiger partial charge >= 0.3 is 0 Å². The number of aryl methyl sites for hydroxylation is 4. The Bertz CT molecular complexity index is 767. The number of amides is 1. The number of ether oxygens (including phenoxy) is 1. The van der Waals surface area contributed by atoms with Crippen molar-refractivity contribution in [2.75, 3.05) is 6.61 Å². The van der Waals surface area contributed by atoms with Crippen molar-refractivity contribution < 1.29 is 9.53 Å². The highest BCUT2D eigenvalue weighted by atomic mass is 16.5. The minimum atomic E-state index is -0.0772. The molecule has 1 amide bonds. The smallest absolute Gasteiger partial charge is 0.258 e. The first kappa shape index (κ1) is 18.5. The van der Waals surface area contributed by atoms with E-state index in [9.17, 15) is 4.79 Å². The van der Waals surface area contributed by atoms with Gasteiger partial charge in [-0.15, -0.1) is 0 Å². The second kappa shape index (κ2) is 8.88. The molecule has 0 radical (unpaired) electrons. The predicted octanol–water partition coefficient (Wildman–Crippen LogP) is 4.39. The third kappa shape index (κ3) is 4.66. The van der Waals surface area contributed by atoms with E-state index in [1.807, 2.05) is 6.07 Å². The fourth-order valence-corrected chi connectivity index (χ4v) is 3.60. The quantitative estimate of drug-likeness (QED) is 0.804. The minimum Gasteiger partial charge on any atom is -0.484 e. The Morgan fingerprint density at radius 1 is 0.962 bits per heavy atom. The summed E-state index contributed by atoms with van der Waals surface area (Å²) in [4.78, 5) is 12.2. The summed E-state index contributed by atoms with van der Waals surface area (Å²) < 4.78 is 5.71. The van der Waals surface area contributed by atoms with E-state index >= 15 is 0 Å². The summed E-state index contributed by atoms with van der Waals surface area (Å²) in [6.45, 7) is 4.91. The number of nitrogens with one attached hydrogen (secondary N) is 1. The zero-order chi connectivity index (χ0) is 18.4. The van der Waals surface area contributed by atoms with Crippen LogP contribution in [0.25, 0.3) is 0 Å². The lowest BCUT2D eigenvalue weighted by molar-refractivity contribution is -0.123. The highest BCUT2D eigenvalue weighted by molar-refractivity contribution is 5.77. The van der Waals surface area contributed by atoms with Gasteiger partial charge in [0.1, 0.15) is 5.75 Å². The van der Waals surface area contributed by atoms with E-state index in [1.165, 1.54) is 40.7 Å². The summed E-state index contributed by atoms with van der Waals surface area (Å²) in [7, 11) is 0. The molecule has 1 N–H and O–H groups in total. The summed E-state index contributed by atoms with van der Waals surface area (Å²) in [5.41, 5.74) is 6.60. The van der Waals surface area contributed by atoms with Crippen LogP contribution in [0.2, 0.25) is 0 Å². The number of fused-ring (bicyclic) bond motifs is 1. The lowest BCUT2D eigenvalue weighted by Crippen LogP contribution is -2.28. The van der Waals surface area contributed by atoms with Crippen LogP contribution in [0.4, 0.5) is 0 Å². The molecule has 0 spiro atoms. The average Bonchev–Trinajstić information content (AvgIpc) is 2.70. The van der Waals surface area contributed by atoms with Gasteiger partial charge in [-0.25, -0.2) is 0 Å². The van der Waals surface area contributed by atoms with Crippen LogP contribution >= 0.6 is 0 Å². The molecular formula is C23H29NO2. The zero-order valence-corrected chi connectivity index (χ0v) is 15.9. The van der Waals surface area contributed by atoms with E-state index in [4.69, 9.17) is 4.74 Å². The molecule has 3 heteroatoms. The molecule has 1 aliphatic carbocycles. The van der Waals surface area contributed by atoms with Crippen LogP contribution in [0, 0.1) is 0 Å². The summed E-state index contributed by atoms with van der Waals surface area (Å²) in [5.74, 6) is 0.717. The molecule has 3 nitrogen and oxygen atoms in total. The van der Waals surface area contributed by atoms with E-state index in [2.05, 4.69) is 49.5 Å². The summed E-state index contributed by atoms with van der Waals surface area (Å²) >= 11 is 0. The van der Waals surface area contributed by atoms with Crippen molar-refractivity contribution in [1.82, 2.24) is 5.32 Å². The maximum absolute atomic E-state index is 12.2. The molecule has 1 aliphatic rings. The molecule has 138 valence electrons. The van der Waals surface area contributed by atoms with Gasteiger partial charge in [0.2, 0.25) is 0 Å². The van der Waals surface area contributed by atoms with Crippen molar-refractivity contribution in [3.05, 3.63) is 64.2 Å². The molecule has 0 unspecified atom stereocenters. The van der Waals surface area contributed by atoms with Crippen molar-refractivity contribution in [2.24, 2.45) is 0 Å². The highest BCUT2D eigenvalue weighted by Gasteiger charge is 2.11. The summed E-state index contributed by atoms with van der Waals surface area (Å²) in [6, 6.07) is 12.8. The third-order valence-corrected chi connectivity index (χ3v) is 5.23. The fraction of sp³-hybridized carbons (Fsp3) is 0.435. The number of rotatable bonds is 7. The molecule has 2 aromatic carbocycles. The maximum atomic E-state index is 12.2. The lowest BCUT2D eigenvalue weighted by Gasteiger charge is -2.17. The number of hydrogen-bond acceptors (Lipinski definition) is 2. The Morgan fingerprint density at radius 3 is 2.54 bits per heavy atom. The van der Waals surface area contributed by atoms with E-state index in [-0.39, 0.29) is 12.5 Å². The van der Waals surface area contributed by atoms with E-state index in [0.717, 1.165) is 31.4 Å². The summed E-state index contributed by atoms with van der Waals surface area (Å²) in [6.07, 6.45) is 6.77. The number of hydrogen-bond donors (Lipinski definition) is 1. The number of benzene rings is 2. The van der Waals surface area contributed by atoms with Crippen LogP contribution in [0.1, 0.15) is 54.5 Å². The Morgan fingerprint density at radius 2 is 1.77 bits per heavy atom. The second-order valence-corrected chi connectivity index (χ2v) is 7.01. The molecule has 0 aliphatic heterocycles. The molecule has 0 atom stereocenters. The van der Waals surface area contributed by atoms with Crippen molar-refractivity contribution in [3.8, 4) is 5.75 Å². The van der Waals surface area contributed by atoms with Crippen LogP contribution in [0.3, 0.4) is 0 Å². The Kier molecular flexibility index (Phi) is 6.32. The molecule has 0 fully saturated rings. The molecule has 0 aromatic heterocycles. The lowest BCUT2D eigenvalue weighted by atomic mass is 9.92. The van der Waals surface area contributed by atoms with Crippen molar-refractivity contribution in [1.29, 1.82) is 0 Å². The summed E-state index contributed by atoms with van der Waals surface area (Å²) in [5, 5.41) is 2.99. The molecule has 0 heterocycles. The Balaban J connectivity index is 1.53. The largest absolute Gasteiger partial charge is 0.484 e. The molecule has 3 rings (SSSR count). The molecule has 26 heavy (non-hydrogen) atoms. The number of carbonyl (C=O) groups is 1. The van der Waals surface area contributed by atoms with Crippen molar-refractivity contribution >= 4 is 5.91 Å². The molecule has 0 saturated carbocycles. The van der Waals surface area contributed by atoms with Crippen LogP contribution in [0.15, 0.2) is 36.4 Å². The van der Waals surface area contributed by atoms with Gasteiger partial charge in [0, 0.05) is 6.54 Å². The average molecular weight is 351 g/mol. The normalized spacial score (nSPS) is 13.2. The zero-order valence-electron chi connectivity index (χ0n) is 15.9. The van der Waals surface area contributed by atoms with Gasteiger partial charge in [0.25, 0.3) is 5.91 Å². The Labute approximate surface area is 156 Å². The van der Waals surface area contributed by atoms with Gasteiger partial charge in [0.05, 0.1) is 0 Å². The fourth-order valence-electron chi connectivity index (χ4n) is 3.60. The van der Waals surface area contributed by atoms with Gasteiger partial charge < -0.3 is 10.1 Å². The second-order valence-electron chi connectivity index (χ2n) is 7.01. The van der Waals surface area contributed by atoms with E-state index in [1.54, 1.807) is 0 Å². The topological polar surface area (TPSA) is 38.3 Å². The molecule has 0 bridgehead atoms. The maximum Gasteiger partial charge on any atom is 0.258 e. The van der Waals surface area contributed by atoms with Gasteiger partial charge in [-0.2, -0.15) is 0 Å². The number of carbonyl (C=O) groups excluding carboxylic acids is 1.